The van der Waals surface area contributed by atoms with Crippen LogP contribution in [0.3, 0.4) is 0 Å². The molecule has 0 saturated carbocycles. The highest BCUT2D eigenvalue weighted by Crippen LogP contribution is 2.23. The largest absolute Gasteiger partial charge is 0.480 e. The van der Waals surface area contributed by atoms with Gasteiger partial charge >= 0.3 is 5.97 Å². The van der Waals surface area contributed by atoms with Crippen molar-refractivity contribution in [3.63, 3.8) is 0 Å². The van der Waals surface area contributed by atoms with E-state index in [1.807, 2.05) is 6.92 Å². The number of rotatable bonds is 10. The standard InChI is InChI=1S/C23H25N3O6S2/c1-17-5-9-22(10-6-17)34(31,32)26(15-18-7-11-21(12-8-18)33(24,29)30)16-19-3-2-4-20(13-19)25-14-23(27)28/h2-13,25H,14-16H2,1H3,(H,27,28)(H2,24,29,30). The molecule has 34 heavy (non-hydrogen) atoms. The van der Waals surface area contributed by atoms with Gasteiger partial charge in [-0.25, -0.2) is 22.0 Å². The van der Waals surface area contributed by atoms with Gasteiger partial charge in [0.15, 0.2) is 0 Å². The topological polar surface area (TPSA) is 147 Å². The molecule has 0 aliphatic carbocycles. The lowest BCUT2D eigenvalue weighted by Crippen LogP contribution is -2.30. The van der Waals surface area contributed by atoms with Crippen LogP contribution < -0.4 is 10.5 Å². The molecule has 180 valence electrons. The van der Waals surface area contributed by atoms with Gasteiger partial charge in [0, 0.05) is 18.8 Å². The van der Waals surface area contributed by atoms with E-state index in [-0.39, 0.29) is 29.4 Å². The van der Waals surface area contributed by atoms with Crippen LogP contribution in [0.4, 0.5) is 5.69 Å². The molecule has 0 bridgehead atoms. The first-order chi connectivity index (χ1) is 15.9. The Kier molecular flexibility index (Phi) is 7.72. The molecule has 4 N–H and O–H groups in total. The monoisotopic (exact) mass is 503 g/mol. The SMILES string of the molecule is Cc1ccc(S(=O)(=O)N(Cc2ccc(S(N)(=O)=O)cc2)Cc2cccc(NCC(=O)O)c2)cc1. The average Bonchev–Trinajstić information content (AvgIpc) is 2.77. The Morgan fingerprint density at radius 2 is 1.47 bits per heavy atom. The number of sulfonamides is 2. The van der Waals surface area contributed by atoms with Crippen LogP contribution in [0.25, 0.3) is 0 Å². The summed E-state index contributed by atoms with van der Waals surface area (Å²) in [6.45, 7) is 1.58. The van der Waals surface area contributed by atoms with E-state index in [0.29, 0.717) is 16.8 Å². The molecule has 0 heterocycles. The van der Waals surface area contributed by atoms with Crippen LogP contribution in [0.1, 0.15) is 16.7 Å². The fourth-order valence-electron chi connectivity index (χ4n) is 3.23. The molecule has 0 radical (unpaired) electrons. The molecular formula is C23H25N3O6S2. The fourth-order valence-corrected chi connectivity index (χ4v) is 5.17. The molecule has 9 nitrogen and oxygen atoms in total. The Labute approximate surface area is 198 Å². The van der Waals surface area contributed by atoms with Crippen LogP contribution in [-0.4, -0.2) is 38.8 Å². The number of hydrogen-bond donors (Lipinski definition) is 3. The van der Waals surface area contributed by atoms with Crippen molar-refractivity contribution in [2.75, 3.05) is 11.9 Å². The summed E-state index contributed by atoms with van der Waals surface area (Å²) in [5, 5.41) is 16.8. The van der Waals surface area contributed by atoms with Crippen molar-refractivity contribution in [1.29, 1.82) is 0 Å². The molecule has 3 rings (SSSR count). The Morgan fingerprint density at radius 3 is 2.06 bits per heavy atom. The molecule has 0 aromatic heterocycles. The smallest absolute Gasteiger partial charge is 0.322 e. The molecule has 0 amide bonds. The van der Waals surface area contributed by atoms with E-state index in [1.165, 1.54) is 40.7 Å². The third-order valence-electron chi connectivity index (χ3n) is 5.00. The zero-order chi connectivity index (χ0) is 24.9. The number of nitrogens with two attached hydrogens (primary N) is 1. The minimum atomic E-state index is -3.92. The lowest BCUT2D eigenvalue weighted by atomic mass is 10.2. The first kappa shape index (κ1) is 25.4. The molecule has 3 aromatic rings. The third-order valence-corrected chi connectivity index (χ3v) is 7.73. The molecule has 0 saturated heterocycles. The minimum absolute atomic E-state index is 0.00966. The number of carboxylic acid groups (broad SMARTS) is 1. The van der Waals surface area contributed by atoms with Crippen molar-refractivity contribution in [2.45, 2.75) is 29.8 Å². The van der Waals surface area contributed by atoms with Crippen LogP contribution in [-0.2, 0) is 37.9 Å². The summed E-state index contributed by atoms with van der Waals surface area (Å²) in [6, 6.07) is 19.0. The zero-order valence-electron chi connectivity index (χ0n) is 18.4. The molecule has 0 aliphatic heterocycles. The van der Waals surface area contributed by atoms with Gasteiger partial charge in [-0.3, -0.25) is 4.79 Å². The minimum Gasteiger partial charge on any atom is -0.480 e. The maximum atomic E-state index is 13.5. The molecule has 0 atom stereocenters. The highest BCUT2D eigenvalue weighted by atomic mass is 32.2. The van der Waals surface area contributed by atoms with E-state index < -0.39 is 26.0 Å². The van der Waals surface area contributed by atoms with Crippen LogP contribution in [0.15, 0.2) is 82.6 Å². The van der Waals surface area contributed by atoms with E-state index >= 15 is 0 Å². The molecular weight excluding hydrogens is 478 g/mol. The Morgan fingerprint density at radius 1 is 0.882 bits per heavy atom. The van der Waals surface area contributed by atoms with Gasteiger partial charge in [-0.1, -0.05) is 42.0 Å². The number of benzene rings is 3. The van der Waals surface area contributed by atoms with Gasteiger partial charge in [-0.05, 0) is 54.4 Å². The van der Waals surface area contributed by atoms with Gasteiger partial charge in [0.05, 0.1) is 9.79 Å². The number of aliphatic carboxylic acids is 1. The van der Waals surface area contributed by atoms with Gasteiger partial charge in [-0.2, -0.15) is 4.31 Å². The Hall–Kier alpha value is -3.25. The maximum absolute atomic E-state index is 13.5. The number of nitrogens with zero attached hydrogens (tertiary/aromatic N) is 1. The van der Waals surface area contributed by atoms with Crippen LogP contribution in [0.5, 0.6) is 0 Å². The van der Waals surface area contributed by atoms with Gasteiger partial charge in [0.25, 0.3) is 0 Å². The van der Waals surface area contributed by atoms with Gasteiger partial charge < -0.3 is 10.4 Å². The summed E-state index contributed by atoms with van der Waals surface area (Å²) < 4.78 is 51.3. The highest BCUT2D eigenvalue weighted by Gasteiger charge is 2.25. The van der Waals surface area contributed by atoms with Crippen molar-refractivity contribution < 1.29 is 26.7 Å². The second-order valence-corrected chi connectivity index (χ2v) is 11.2. The van der Waals surface area contributed by atoms with Crippen LogP contribution in [0.2, 0.25) is 0 Å². The van der Waals surface area contributed by atoms with E-state index in [9.17, 15) is 21.6 Å². The second kappa shape index (κ2) is 10.3. The Bertz CT molecular complexity index is 1370. The number of carboxylic acids is 1. The summed E-state index contributed by atoms with van der Waals surface area (Å²) in [6.07, 6.45) is 0. The zero-order valence-corrected chi connectivity index (χ0v) is 20.0. The predicted molar refractivity (Wildman–Crippen MR) is 128 cm³/mol. The van der Waals surface area contributed by atoms with E-state index in [2.05, 4.69) is 5.32 Å². The summed E-state index contributed by atoms with van der Waals surface area (Å²) in [5.41, 5.74) is 2.68. The van der Waals surface area contributed by atoms with Gasteiger partial charge in [0.2, 0.25) is 20.0 Å². The van der Waals surface area contributed by atoms with E-state index in [0.717, 1.165) is 5.56 Å². The van der Waals surface area contributed by atoms with Gasteiger partial charge in [-0.15, -0.1) is 0 Å². The van der Waals surface area contributed by atoms with E-state index in [4.69, 9.17) is 10.2 Å². The molecule has 0 fully saturated rings. The Balaban J connectivity index is 1.94. The number of hydrogen-bond acceptors (Lipinski definition) is 6. The predicted octanol–water partition coefficient (Wildman–Crippen LogP) is 2.53. The number of anilines is 1. The van der Waals surface area contributed by atoms with Crippen molar-refractivity contribution >= 4 is 31.7 Å². The van der Waals surface area contributed by atoms with Crippen LogP contribution >= 0.6 is 0 Å². The van der Waals surface area contributed by atoms with Crippen molar-refractivity contribution in [3.05, 3.63) is 89.5 Å². The summed E-state index contributed by atoms with van der Waals surface area (Å²) in [5.74, 6) is -1.02. The third kappa shape index (κ3) is 6.64. The molecule has 0 spiro atoms. The molecule has 0 unspecified atom stereocenters. The van der Waals surface area contributed by atoms with Crippen molar-refractivity contribution in [1.82, 2.24) is 4.31 Å². The highest BCUT2D eigenvalue weighted by molar-refractivity contribution is 7.89. The lowest BCUT2D eigenvalue weighted by Gasteiger charge is -2.23. The maximum Gasteiger partial charge on any atom is 0.322 e. The summed E-state index contributed by atoms with van der Waals surface area (Å²) in [4.78, 5) is 10.9. The van der Waals surface area contributed by atoms with Crippen molar-refractivity contribution in [2.24, 2.45) is 5.14 Å². The van der Waals surface area contributed by atoms with E-state index in [1.54, 1.807) is 36.4 Å². The van der Waals surface area contributed by atoms with Gasteiger partial charge in [0.1, 0.15) is 6.54 Å². The van der Waals surface area contributed by atoms with Crippen LogP contribution in [0, 0.1) is 6.92 Å². The summed E-state index contributed by atoms with van der Waals surface area (Å²) in [7, 11) is -7.78. The number of carbonyl (C=O) groups is 1. The summed E-state index contributed by atoms with van der Waals surface area (Å²) >= 11 is 0. The first-order valence-electron chi connectivity index (χ1n) is 10.2. The molecule has 3 aromatic carbocycles. The number of nitrogens with one attached hydrogen (secondary N) is 1. The second-order valence-electron chi connectivity index (χ2n) is 7.72. The number of primary sulfonamides is 1. The van der Waals surface area contributed by atoms with Crippen molar-refractivity contribution in [3.8, 4) is 0 Å². The lowest BCUT2D eigenvalue weighted by molar-refractivity contribution is -0.134. The molecule has 0 aliphatic rings. The normalized spacial score (nSPS) is 12.0. The number of aryl methyl sites for hydroxylation is 1. The molecule has 11 heteroatoms. The first-order valence-corrected chi connectivity index (χ1v) is 13.2. The average molecular weight is 504 g/mol. The quantitative estimate of drug-likeness (QED) is 0.385. The fraction of sp³-hybridized carbons (Fsp3) is 0.174.